The Bertz CT molecular complexity index is 382. The summed E-state index contributed by atoms with van der Waals surface area (Å²) in [7, 11) is 0. The number of hydrogen-bond acceptors (Lipinski definition) is 1. The lowest BCUT2D eigenvalue weighted by Gasteiger charge is -2.36. The van der Waals surface area contributed by atoms with Gasteiger partial charge in [0.25, 0.3) is 0 Å². The lowest BCUT2D eigenvalue weighted by atomic mass is 9.78. The summed E-state index contributed by atoms with van der Waals surface area (Å²) in [5.74, 6) is -2.61. The van der Waals surface area contributed by atoms with Crippen molar-refractivity contribution in [1.82, 2.24) is 0 Å². The first kappa shape index (κ1) is 12.0. The van der Waals surface area contributed by atoms with Crippen LogP contribution in [0.5, 0.6) is 0 Å². The molecule has 1 aromatic rings. The lowest BCUT2D eigenvalue weighted by Crippen LogP contribution is -2.36. The van der Waals surface area contributed by atoms with Crippen LogP contribution in [0.2, 0.25) is 0 Å². The van der Waals surface area contributed by atoms with Gasteiger partial charge in [0, 0.05) is 17.3 Å². The molecule has 0 amide bonds. The van der Waals surface area contributed by atoms with Gasteiger partial charge in [0.2, 0.25) is 5.92 Å². The molecule has 1 fully saturated rings. The van der Waals surface area contributed by atoms with Crippen molar-refractivity contribution in [3.8, 4) is 0 Å². The van der Waals surface area contributed by atoms with E-state index in [1.807, 2.05) is 12.1 Å². The highest BCUT2D eigenvalue weighted by atomic mass is 79.9. The average molecular weight is 291 g/mol. The number of rotatable bonds is 1. The van der Waals surface area contributed by atoms with Gasteiger partial charge in [0.15, 0.2) is 0 Å². The van der Waals surface area contributed by atoms with Crippen molar-refractivity contribution in [2.75, 3.05) is 0 Å². The van der Waals surface area contributed by atoms with E-state index in [0.29, 0.717) is 0 Å². The molecular formula is C12H13BrF2O. The Hall–Kier alpha value is -0.480. The zero-order chi connectivity index (χ0) is 11.8. The van der Waals surface area contributed by atoms with Crippen molar-refractivity contribution in [3.05, 3.63) is 34.3 Å². The monoisotopic (exact) mass is 290 g/mol. The Kier molecular flexibility index (Phi) is 3.05. The zero-order valence-corrected chi connectivity index (χ0v) is 10.3. The predicted molar refractivity (Wildman–Crippen MR) is 61.5 cm³/mol. The molecule has 1 aromatic carbocycles. The van der Waals surface area contributed by atoms with E-state index < -0.39 is 11.5 Å². The molecule has 0 radical (unpaired) electrons. The third-order valence-electron chi connectivity index (χ3n) is 3.17. The Morgan fingerprint density at radius 2 is 1.75 bits per heavy atom. The maximum atomic E-state index is 13.0. The van der Waals surface area contributed by atoms with Crippen LogP contribution in [0.15, 0.2) is 28.7 Å². The molecule has 0 atom stereocenters. The van der Waals surface area contributed by atoms with Crippen LogP contribution >= 0.6 is 15.9 Å². The molecular weight excluding hydrogens is 278 g/mol. The third-order valence-corrected chi connectivity index (χ3v) is 3.66. The maximum absolute atomic E-state index is 13.0. The summed E-state index contributed by atoms with van der Waals surface area (Å²) < 4.78 is 26.9. The second-order valence-electron chi connectivity index (χ2n) is 4.40. The minimum Gasteiger partial charge on any atom is -0.385 e. The first-order chi connectivity index (χ1) is 7.41. The molecule has 0 aliphatic heterocycles. The number of benzene rings is 1. The van der Waals surface area contributed by atoms with Crippen molar-refractivity contribution in [2.24, 2.45) is 0 Å². The summed E-state index contributed by atoms with van der Waals surface area (Å²) in [5.41, 5.74) is -0.372. The maximum Gasteiger partial charge on any atom is 0.248 e. The van der Waals surface area contributed by atoms with Gasteiger partial charge in [0.05, 0.1) is 5.60 Å². The number of aliphatic hydroxyl groups is 1. The molecule has 1 N–H and O–H groups in total. The van der Waals surface area contributed by atoms with Crippen LogP contribution in [0.3, 0.4) is 0 Å². The van der Waals surface area contributed by atoms with Crippen molar-refractivity contribution in [2.45, 2.75) is 37.2 Å². The van der Waals surface area contributed by atoms with Crippen LogP contribution in [-0.4, -0.2) is 11.0 Å². The fraction of sp³-hybridized carbons (Fsp3) is 0.500. The van der Waals surface area contributed by atoms with Crippen molar-refractivity contribution < 1.29 is 13.9 Å². The Morgan fingerprint density at radius 1 is 1.12 bits per heavy atom. The second kappa shape index (κ2) is 4.08. The molecule has 0 spiro atoms. The average Bonchev–Trinajstić information content (AvgIpc) is 2.23. The highest BCUT2D eigenvalue weighted by Gasteiger charge is 2.43. The van der Waals surface area contributed by atoms with E-state index >= 15 is 0 Å². The number of alkyl halides is 2. The predicted octanol–water partition coefficient (Wildman–Crippen LogP) is 3.85. The van der Waals surface area contributed by atoms with Crippen molar-refractivity contribution in [3.63, 3.8) is 0 Å². The van der Waals surface area contributed by atoms with Gasteiger partial charge in [-0.3, -0.25) is 0 Å². The number of halogens is 3. The van der Waals surface area contributed by atoms with E-state index in [2.05, 4.69) is 15.9 Å². The topological polar surface area (TPSA) is 20.2 Å². The molecule has 1 aliphatic rings. The molecule has 88 valence electrons. The molecule has 16 heavy (non-hydrogen) atoms. The molecule has 1 nitrogen and oxygen atoms in total. The van der Waals surface area contributed by atoms with E-state index in [1.54, 1.807) is 12.1 Å². The van der Waals surface area contributed by atoms with Crippen molar-refractivity contribution in [1.29, 1.82) is 0 Å². The van der Waals surface area contributed by atoms with Crippen LogP contribution in [-0.2, 0) is 5.60 Å². The van der Waals surface area contributed by atoms with Crippen LogP contribution < -0.4 is 0 Å². The summed E-state index contributed by atoms with van der Waals surface area (Å²) in [6, 6.07) is 7.24. The second-order valence-corrected chi connectivity index (χ2v) is 5.31. The van der Waals surface area contributed by atoms with E-state index in [9.17, 15) is 13.9 Å². The van der Waals surface area contributed by atoms with Crippen molar-refractivity contribution >= 4 is 15.9 Å². The van der Waals surface area contributed by atoms with Crippen LogP contribution in [0, 0.1) is 0 Å². The van der Waals surface area contributed by atoms with Crippen LogP contribution in [0.4, 0.5) is 8.78 Å². The Labute approximate surface area is 102 Å². The van der Waals surface area contributed by atoms with Gasteiger partial charge < -0.3 is 5.11 Å². The summed E-state index contributed by atoms with van der Waals surface area (Å²) in [6.45, 7) is 0. The minimum absolute atomic E-state index is 0.121. The molecule has 4 heteroatoms. The molecule has 0 aromatic heterocycles. The molecule has 1 saturated carbocycles. The third kappa shape index (κ3) is 2.43. The van der Waals surface area contributed by atoms with Crippen LogP contribution in [0.1, 0.15) is 31.2 Å². The summed E-state index contributed by atoms with van der Waals surface area (Å²) in [4.78, 5) is 0. The quantitative estimate of drug-likeness (QED) is 0.833. The van der Waals surface area contributed by atoms with E-state index in [0.717, 1.165) is 10.0 Å². The first-order valence-corrected chi connectivity index (χ1v) is 6.07. The first-order valence-electron chi connectivity index (χ1n) is 5.28. The SMILES string of the molecule is OC1(c2cccc(Br)c2)CCC(F)(F)CC1. The largest absolute Gasteiger partial charge is 0.385 e. The smallest absolute Gasteiger partial charge is 0.248 e. The molecule has 0 unspecified atom stereocenters. The van der Waals surface area contributed by atoms with E-state index in [1.165, 1.54) is 0 Å². The summed E-state index contributed by atoms with van der Waals surface area (Å²) in [5, 5.41) is 10.3. The van der Waals surface area contributed by atoms with Gasteiger partial charge in [0.1, 0.15) is 0 Å². The fourth-order valence-electron chi connectivity index (χ4n) is 2.10. The Morgan fingerprint density at radius 3 is 2.31 bits per heavy atom. The lowest BCUT2D eigenvalue weighted by molar-refractivity contribution is -0.107. The van der Waals surface area contributed by atoms with Gasteiger partial charge in [-0.2, -0.15) is 0 Å². The highest BCUT2D eigenvalue weighted by Crippen LogP contribution is 2.43. The summed E-state index contributed by atoms with van der Waals surface area (Å²) in [6.07, 6.45) is -0.237. The van der Waals surface area contributed by atoms with Gasteiger partial charge in [-0.1, -0.05) is 28.1 Å². The van der Waals surface area contributed by atoms with Gasteiger partial charge in [-0.15, -0.1) is 0 Å². The number of hydrogen-bond donors (Lipinski definition) is 1. The fourth-order valence-corrected chi connectivity index (χ4v) is 2.50. The molecule has 0 heterocycles. The minimum atomic E-state index is -2.61. The highest BCUT2D eigenvalue weighted by molar-refractivity contribution is 9.10. The molecule has 1 aliphatic carbocycles. The zero-order valence-electron chi connectivity index (χ0n) is 8.72. The normalized spacial score (nSPS) is 23.0. The summed E-state index contributed by atoms with van der Waals surface area (Å²) >= 11 is 3.32. The van der Waals surface area contributed by atoms with Gasteiger partial charge in [-0.25, -0.2) is 8.78 Å². The Balaban J connectivity index is 2.21. The molecule has 0 bridgehead atoms. The van der Waals surface area contributed by atoms with Gasteiger partial charge in [-0.05, 0) is 30.5 Å². The standard InChI is InChI=1S/C12H13BrF2O/c13-10-3-1-2-9(8-10)11(16)4-6-12(14,15)7-5-11/h1-3,8,16H,4-7H2. The van der Waals surface area contributed by atoms with E-state index in [4.69, 9.17) is 0 Å². The molecule has 0 saturated heterocycles. The van der Waals surface area contributed by atoms with Gasteiger partial charge >= 0.3 is 0 Å². The van der Waals surface area contributed by atoms with Crippen LogP contribution in [0.25, 0.3) is 0 Å². The molecule has 2 rings (SSSR count). The van der Waals surface area contributed by atoms with E-state index in [-0.39, 0.29) is 25.7 Å².